The molecule has 0 spiro atoms. The number of hydrogen-bond donors (Lipinski definition) is 2. The number of rotatable bonds is 2. The zero-order valence-corrected chi connectivity index (χ0v) is 14.5. The van der Waals surface area contributed by atoms with Gasteiger partial charge in [-0.05, 0) is 61.1 Å². The van der Waals surface area contributed by atoms with Crippen molar-refractivity contribution in [2.24, 2.45) is 0 Å². The van der Waals surface area contributed by atoms with Crippen molar-refractivity contribution in [2.45, 2.75) is 19.1 Å². The first-order valence-corrected chi connectivity index (χ1v) is 8.28. The predicted molar refractivity (Wildman–Crippen MR) is 97.8 cm³/mol. The standard InChI is InChI=1S/C18H18F3N3S/c1-24-9-8-15-12(11-24)4-2-7-16(15)23-17(25)22-14-6-3-5-13(10-14)18(19,20)21/h2-7,10H,8-9,11H2,1H3,(H2,22,23,25). The largest absolute Gasteiger partial charge is 0.416 e. The third-order valence-electron chi connectivity index (χ3n) is 4.15. The molecule has 0 atom stereocenters. The van der Waals surface area contributed by atoms with E-state index in [4.69, 9.17) is 12.2 Å². The maximum Gasteiger partial charge on any atom is 0.416 e. The highest BCUT2D eigenvalue weighted by Gasteiger charge is 2.30. The Bertz CT molecular complexity index is 789. The van der Waals surface area contributed by atoms with Crippen LogP contribution in [0.2, 0.25) is 0 Å². The number of nitrogens with one attached hydrogen (secondary N) is 2. The smallest absolute Gasteiger partial charge is 0.332 e. The van der Waals surface area contributed by atoms with Gasteiger partial charge in [-0.15, -0.1) is 0 Å². The Kier molecular flexibility index (Phi) is 4.96. The lowest BCUT2D eigenvalue weighted by molar-refractivity contribution is -0.137. The van der Waals surface area contributed by atoms with E-state index in [1.807, 2.05) is 12.1 Å². The van der Waals surface area contributed by atoms with E-state index in [-0.39, 0.29) is 5.11 Å². The van der Waals surface area contributed by atoms with Crippen LogP contribution in [-0.4, -0.2) is 23.6 Å². The molecule has 0 aromatic heterocycles. The number of halogens is 3. The number of benzene rings is 2. The molecule has 7 heteroatoms. The van der Waals surface area contributed by atoms with E-state index >= 15 is 0 Å². The summed E-state index contributed by atoms with van der Waals surface area (Å²) in [4.78, 5) is 2.24. The van der Waals surface area contributed by atoms with Gasteiger partial charge in [-0.1, -0.05) is 18.2 Å². The molecule has 0 bridgehead atoms. The second kappa shape index (κ2) is 7.01. The number of thiocarbonyl (C=S) groups is 1. The molecule has 0 aliphatic carbocycles. The average molecular weight is 365 g/mol. The van der Waals surface area contributed by atoms with Crippen molar-refractivity contribution < 1.29 is 13.2 Å². The summed E-state index contributed by atoms with van der Waals surface area (Å²) in [6.45, 7) is 1.83. The van der Waals surface area contributed by atoms with Crippen molar-refractivity contribution in [3.63, 3.8) is 0 Å². The summed E-state index contributed by atoms with van der Waals surface area (Å²) < 4.78 is 38.4. The van der Waals surface area contributed by atoms with E-state index in [2.05, 4.69) is 28.6 Å². The third kappa shape index (κ3) is 4.29. The van der Waals surface area contributed by atoms with E-state index in [9.17, 15) is 13.2 Å². The fraction of sp³-hybridized carbons (Fsp3) is 0.278. The number of nitrogens with zero attached hydrogens (tertiary/aromatic N) is 1. The van der Waals surface area contributed by atoms with Gasteiger partial charge in [-0.3, -0.25) is 0 Å². The number of anilines is 2. The van der Waals surface area contributed by atoms with Crippen LogP contribution in [0.3, 0.4) is 0 Å². The quantitative estimate of drug-likeness (QED) is 0.766. The number of hydrogen-bond acceptors (Lipinski definition) is 2. The van der Waals surface area contributed by atoms with E-state index in [0.29, 0.717) is 5.69 Å². The van der Waals surface area contributed by atoms with Gasteiger partial charge in [0.15, 0.2) is 5.11 Å². The van der Waals surface area contributed by atoms with Gasteiger partial charge in [0.2, 0.25) is 0 Å². The summed E-state index contributed by atoms with van der Waals surface area (Å²) in [6.07, 6.45) is -3.47. The van der Waals surface area contributed by atoms with Crippen LogP contribution in [0.5, 0.6) is 0 Å². The first kappa shape index (κ1) is 17.7. The summed E-state index contributed by atoms with van der Waals surface area (Å²) in [5.41, 5.74) is 2.93. The normalized spacial score (nSPS) is 14.7. The van der Waals surface area contributed by atoms with Crippen LogP contribution in [0.1, 0.15) is 16.7 Å². The monoisotopic (exact) mass is 365 g/mol. The van der Waals surface area contributed by atoms with Crippen molar-refractivity contribution in [1.29, 1.82) is 0 Å². The van der Waals surface area contributed by atoms with E-state index in [1.165, 1.54) is 17.2 Å². The van der Waals surface area contributed by atoms with Gasteiger partial charge in [-0.2, -0.15) is 13.2 Å². The molecule has 3 rings (SSSR count). The van der Waals surface area contributed by atoms with Crippen LogP contribution < -0.4 is 10.6 Å². The highest BCUT2D eigenvalue weighted by atomic mass is 32.1. The van der Waals surface area contributed by atoms with Gasteiger partial charge in [0.05, 0.1) is 5.56 Å². The molecule has 1 aliphatic heterocycles. The predicted octanol–water partition coefficient (Wildman–Crippen LogP) is 4.50. The van der Waals surface area contributed by atoms with Crippen LogP contribution in [0, 0.1) is 0 Å². The molecule has 0 unspecified atom stereocenters. The van der Waals surface area contributed by atoms with E-state index < -0.39 is 11.7 Å². The summed E-state index contributed by atoms with van der Waals surface area (Å²) >= 11 is 5.27. The van der Waals surface area contributed by atoms with Crippen molar-refractivity contribution >= 4 is 28.7 Å². The van der Waals surface area contributed by atoms with Crippen LogP contribution in [0.25, 0.3) is 0 Å². The summed E-state index contributed by atoms with van der Waals surface area (Å²) in [6, 6.07) is 11.0. The second-order valence-corrected chi connectivity index (χ2v) is 6.50. The van der Waals surface area contributed by atoms with E-state index in [1.54, 1.807) is 6.07 Å². The lowest BCUT2D eigenvalue weighted by Crippen LogP contribution is -2.28. The SMILES string of the molecule is CN1CCc2c(cccc2NC(=S)Nc2cccc(C(F)(F)F)c2)C1. The molecule has 0 fully saturated rings. The lowest BCUT2D eigenvalue weighted by Gasteiger charge is -2.27. The average Bonchev–Trinajstić information content (AvgIpc) is 2.54. The fourth-order valence-corrected chi connectivity index (χ4v) is 3.15. The molecule has 2 aromatic carbocycles. The Labute approximate surface area is 149 Å². The lowest BCUT2D eigenvalue weighted by atomic mass is 9.98. The van der Waals surface area contributed by atoms with Crippen LogP contribution in [-0.2, 0) is 19.1 Å². The number of fused-ring (bicyclic) bond motifs is 1. The topological polar surface area (TPSA) is 27.3 Å². The minimum atomic E-state index is -4.38. The molecule has 2 N–H and O–H groups in total. The summed E-state index contributed by atoms with van der Waals surface area (Å²) in [5.74, 6) is 0. The van der Waals surface area contributed by atoms with Gasteiger partial charge >= 0.3 is 6.18 Å². The molecule has 0 saturated heterocycles. The Morgan fingerprint density at radius 3 is 2.64 bits per heavy atom. The second-order valence-electron chi connectivity index (χ2n) is 6.09. The van der Waals surface area contributed by atoms with Gasteiger partial charge in [-0.25, -0.2) is 0 Å². The Hall–Kier alpha value is -2.12. The molecular weight excluding hydrogens is 347 g/mol. The van der Waals surface area contributed by atoms with Gasteiger partial charge in [0, 0.05) is 24.5 Å². The van der Waals surface area contributed by atoms with Crippen molar-refractivity contribution in [3.8, 4) is 0 Å². The molecule has 1 heterocycles. The van der Waals surface area contributed by atoms with Crippen LogP contribution >= 0.6 is 12.2 Å². The Morgan fingerprint density at radius 2 is 1.88 bits per heavy atom. The zero-order chi connectivity index (χ0) is 18.0. The van der Waals surface area contributed by atoms with Crippen molar-refractivity contribution in [3.05, 3.63) is 59.2 Å². The Balaban J connectivity index is 1.73. The minimum absolute atomic E-state index is 0.270. The number of likely N-dealkylation sites (N-methyl/N-ethyl adjacent to an activating group) is 1. The first-order chi connectivity index (χ1) is 11.8. The number of alkyl halides is 3. The van der Waals surface area contributed by atoms with Gasteiger partial charge in [0.1, 0.15) is 0 Å². The molecule has 0 saturated carbocycles. The Morgan fingerprint density at radius 1 is 1.12 bits per heavy atom. The van der Waals surface area contributed by atoms with Gasteiger partial charge in [0.25, 0.3) is 0 Å². The molecule has 0 amide bonds. The van der Waals surface area contributed by atoms with E-state index in [0.717, 1.165) is 37.3 Å². The highest BCUT2D eigenvalue weighted by molar-refractivity contribution is 7.80. The van der Waals surface area contributed by atoms with Gasteiger partial charge < -0.3 is 15.5 Å². The maximum absolute atomic E-state index is 12.8. The first-order valence-electron chi connectivity index (χ1n) is 7.87. The molecule has 25 heavy (non-hydrogen) atoms. The zero-order valence-electron chi connectivity index (χ0n) is 13.7. The molecule has 0 radical (unpaired) electrons. The highest BCUT2D eigenvalue weighted by Crippen LogP contribution is 2.31. The molecule has 132 valence electrons. The molecule has 2 aromatic rings. The third-order valence-corrected chi connectivity index (χ3v) is 4.36. The summed E-state index contributed by atoms with van der Waals surface area (Å²) in [7, 11) is 2.07. The molecule has 3 nitrogen and oxygen atoms in total. The van der Waals surface area contributed by atoms with Crippen molar-refractivity contribution in [1.82, 2.24) is 4.90 Å². The van der Waals surface area contributed by atoms with Crippen molar-refractivity contribution in [2.75, 3.05) is 24.2 Å². The maximum atomic E-state index is 12.8. The minimum Gasteiger partial charge on any atom is -0.332 e. The van der Waals surface area contributed by atoms with Crippen LogP contribution in [0.4, 0.5) is 24.5 Å². The molecule has 1 aliphatic rings. The summed E-state index contributed by atoms with van der Waals surface area (Å²) in [5, 5.41) is 6.21. The molecular formula is C18H18F3N3S. The van der Waals surface area contributed by atoms with Crippen LogP contribution in [0.15, 0.2) is 42.5 Å². The fourth-order valence-electron chi connectivity index (χ4n) is 2.93.